The molecule has 1 saturated heterocycles. The van der Waals surface area contributed by atoms with Crippen LogP contribution in [0.1, 0.15) is 68.3 Å². The Labute approximate surface area is 197 Å². The molecule has 5 rings (SSSR count). The molecule has 0 bridgehead atoms. The van der Waals surface area contributed by atoms with Gasteiger partial charge in [0.05, 0.1) is 12.2 Å². The number of fused-ring (bicyclic) bond motifs is 2. The largest absolute Gasteiger partial charge is 0.469 e. The number of aryl methyl sites for hydroxylation is 1. The van der Waals surface area contributed by atoms with Gasteiger partial charge in [0, 0.05) is 18.4 Å². The van der Waals surface area contributed by atoms with Gasteiger partial charge in [-0.3, -0.25) is 4.79 Å². The maximum absolute atomic E-state index is 12.8. The number of hydrogen-bond acceptors (Lipinski definition) is 4. The Morgan fingerprint density at radius 3 is 2.82 bits per heavy atom. The van der Waals surface area contributed by atoms with Crippen molar-refractivity contribution in [2.75, 3.05) is 13.1 Å². The normalized spacial score (nSPS) is 32.2. The SMILES string of the molecule is C=C1CCC[C@]2(C)C[C@H]3OC(=O)C(CNCCC(c4ccc(C)cc4)c4ccco4)[C@H]3C[C@@H]12. The van der Waals surface area contributed by atoms with Crippen LogP contribution in [0.3, 0.4) is 0 Å². The number of allylic oxidation sites excluding steroid dienone is 1. The van der Waals surface area contributed by atoms with Crippen molar-refractivity contribution in [1.82, 2.24) is 5.32 Å². The molecule has 1 N–H and O–H groups in total. The molecule has 2 unspecified atom stereocenters. The summed E-state index contributed by atoms with van der Waals surface area (Å²) in [6, 6.07) is 12.7. The molecule has 6 atom stereocenters. The van der Waals surface area contributed by atoms with Crippen LogP contribution < -0.4 is 5.32 Å². The molecule has 1 aliphatic heterocycles. The predicted molar refractivity (Wildman–Crippen MR) is 130 cm³/mol. The van der Waals surface area contributed by atoms with Crippen LogP contribution in [0.25, 0.3) is 0 Å². The van der Waals surface area contributed by atoms with E-state index in [9.17, 15) is 4.79 Å². The van der Waals surface area contributed by atoms with Gasteiger partial charge in [-0.05, 0) is 81.0 Å². The van der Waals surface area contributed by atoms with E-state index in [1.165, 1.54) is 29.5 Å². The van der Waals surface area contributed by atoms with Crippen molar-refractivity contribution in [3.05, 3.63) is 71.7 Å². The van der Waals surface area contributed by atoms with E-state index in [0.717, 1.165) is 38.0 Å². The average Bonchev–Trinajstić information content (AvgIpc) is 3.41. The lowest BCUT2D eigenvalue weighted by Gasteiger charge is -2.50. The van der Waals surface area contributed by atoms with E-state index in [1.54, 1.807) is 6.26 Å². The molecular weight excluding hydrogens is 410 g/mol. The van der Waals surface area contributed by atoms with Crippen LogP contribution in [0.5, 0.6) is 0 Å². The van der Waals surface area contributed by atoms with Crippen molar-refractivity contribution in [1.29, 1.82) is 0 Å². The zero-order valence-electron chi connectivity index (χ0n) is 20.0. The van der Waals surface area contributed by atoms with Crippen LogP contribution >= 0.6 is 0 Å². The summed E-state index contributed by atoms with van der Waals surface area (Å²) in [6.07, 6.45) is 8.39. The van der Waals surface area contributed by atoms with Crippen LogP contribution in [0, 0.1) is 30.1 Å². The van der Waals surface area contributed by atoms with Crippen LogP contribution in [-0.2, 0) is 9.53 Å². The molecular formula is C29H37NO3. The summed E-state index contributed by atoms with van der Waals surface area (Å²) in [4.78, 5) is 12.8. The van der Waals surface area contributed by atoms with Gasteiger partial charge < -0.3 is 14.5 Å². The highest BCUT2D eigenvalue weighted by Gasteiger charge is 2.54. The van der Waals surface area contributed by atoms with Gasteiger partial charge in [-0.25, -0.2) is 0 Å². The molecule has 0 spiro atoms. The summed E-state index contributed by atoms with van der Waals surface area (Å²) in [5.74, 6) is 1.99. The minimum Gasteiger partial charge on any atom is -0.469 e. The maximum atomic E-state index is 12.8. The molecule has 4 heteroatoms. The zero-order chi connectivity index (χ0) is 23.0. The van der Waals surface area contributed by atoms with E-state index < -0.39 is 0 Å². The van der Waals surface area contributed by atoms with E-state index in [1.807, 2.05) is 6.07 Å². The molecule has 0 radical (unpaired) electrons. The van der Waals surface area contributed by atoms with Crippen molar-refractivity contribution < 1.29 is 13.9 Å². The van der Waals surface area contributed by atoms with Crippen LogP contribution in [-0.4, -0.2) is 25.2 Å². The quantitative estimate of drug-likeness (QED) is 0.321. The fourth-order valence-corrected chi connectivity index (χ4v) is 6.75. The van der Waals surface area contributed by atoms with Gasteiger partial charge in [0.1, 0.15) is 11.9 Å². The number of carbonyl (C=O) groups excluding carboxylic acids is 1. The van der Waals surface area contributed by atoms with E-state index in [2.05, 4.69) is 56.1 Å². The third-order valence-corrected chi connectivity index (χ3v) is 8.66. The fraction of sp³-hybridized carbons (Fsp3) is 0.552. The Bertz CT molecular complexity index is 979. The Morgan fingerprint density at radius 1 is 1.24 bits per heavy atom. The first-order valence-corrected chi connectivity index (χ1v) is 12.6. The average molecular weight is 448 g/mol. The molecule has 176 valence electrons. The summed E-state index contributed by atoms with van der Waals surface area (Å²) < 4.78 is 11.7. The Balaban J connectivity index is 1.21. The van der Waals surface area contributed by atoms with Crippen LogP contribution in [0.4, 0.5) is 0 Å². The molecule has 2 aliphatic carbocycles. The molecule has 1 aromatic heterocycles. The molecule has 2 aromatic rings. The van der Waals surface area contributed by atoms with Crippen molar-refractivity contribution in [2.24, 2.45) is 23.2 Å². The Morgan fingerprint density at radius 2 is 2.06 bits per heavy atom. The third-order valence-electron chi connectivity index (χ3n) is 8.66. The molecule has 0 amide bonds. The lowest BCUT2D eigenvalue weighted by molar-refractivity contribution is -0.146. The number of nitrogens with one attached hydrogen (secondary N) is 1. The number of rotatable bonds is 7. The summed E-state index contributed by atoms with van der Waals surface area (Å²) in [7, 11) is 0. The molecule has 2 saturated carbocycles. The lowest BCUT2D eigenvalue weighted by Crippen LogP contribution is -2.45. The summed E-state index contributed by atoms with van der Waals surface area (Å²) in [6.45, 7) is 10.4. The second-order valence-corrected chi connectivity index (χ2v) is 10.9. The van der Waals surface area contributed by atoms with E-state index >= 15 is 0 Å². The van der Waals surface area contributed by atoms with Crippen LogP contribution in [0.2, 0.25) is 0 Å². The number of hydrogen-bond donors (Lipinski definition) is 1. The summed E-state index contributed by atoms with van der Waals surface area (Å²) in [5.41, 5.74) is 4.17. The van der Waals surface area contributed by atoms with Crippen LogP contribution in [0.15, 0.2) is 59.2 Å². The van der Waals surface area contributed by atoms with Crippen molar-refractivity contribution >= 4 is 5.97 Å². The summed E-state index contributed by atoms with van der Waals surface area (Å²) in [5, 5.41) is 3.59. The van der Waals surface area contributed by atoms with Gasteiger partial charge in [0.25, 0.3) is 0 Å². The minimum absolute atomic E-state index is 0.00789. The van der Waals surface area contributed by atoms with Crippen molar-refractivity contribution in [3.8, 4) is 0 Å². The number of ether oxygens (including phenoxy) is 1. The fourth-order valence-electron chi connectivity index (χ4n) is 6.75. The zero-order valence-corrected chi connectivity index (χ0v) is 20.0. The molecule has 1 aromatic carbocycles. The summed E-state index contributed by atoms with van der Waals surface area (Å²) >= 11 is 0. The maximum Gasteiger partial charge on any atom is 0.310 e. The topological polar surface area (TPSA) is 51.5 Å². The molecule has 3 aliphatic rings. The highest BCUT2D eigenvalue weighted by molar-refractivity contribution is 5.75. The van der Waals surface area contributed by atoms with Gasteiger partial charge in [0.15, 0.2) is 0 Å². The van der Waals surface area contributed by atoms with Crippen molar-refractivity contribution in [2.45, 2.75) is 64.4 Å². The standard InChI is InChI=1S/C29H37NO3/c1-19-8-10-21(11-9-19)22(26-7-5-15-32-26)12-14-30-18-24-23-16-25-20(2)6-4-13-29(25,3)17-27(23)33-28(24)31/h5,7-11,15,22-25,27,30H,2,4,6,12-14,16-18H2,1,3H3/t22?,23-,24?,25+,27-,29-/m1/s1. The number of benzene rings is 1. The van der Waals surface area contributed by atoms with Gasteiger partial charge in [-0.2, -0.15) is 0 Å². The minimum atomic E-state index is -0.0456. The second kappa shape index (κ2) is 9.13. The predicted octanol–water partition coefficient (Wildman–Crippen LogP) is 6.01. The molecule has 3 fully saturated rings. The number of furan rings is 1. The molecule has 2 heterocycles. The first kappa shape index (κ1) is 22.5. The highest BCUT2D eigenvalue weighted by atomic mass is 16.6. The van der Waals surface area contributed by atoms with Crippen molar-refractivity contribution in [3.63, 3.8) is 0 Å². The monoisotopic (exact) mass is 447 g/mol. The van der Waals surface area contributed by atoms with Gasteiger partial charge in [-0.15, -0.1) is 0 Å². The first-order valence-electron chi connectivity index (χ1n) is 12.6. The van der Waals surface area contributed by atoms with E-state index in [4.69, 9.17) is 9.15 Å². The van der Waals surface area contributed by atoms with Gasteiger partial charge >= 0.3 is 5.97 Å². The second-order valence-electron chi connectivity index (χ2n) is 10.9. The molecule has 4 nitrogen and oxygen atoms in total. The van der Waals surface area contributed by atoms with Gasteiger partial charge in [0.2, 0.25) is 0 Å². The highest BCUT2D eigenvalue weighted by Crippen LogP contribution is 2.56. The lowest BCUT2D eigenvalue weighted by atomic mass is 9.55. The smallest absolute Gasteiger partial charge is 0.310 e. The van der Waals surface area contributed by atoms with Gasteiger partial charge in [-0.1, -0.05) is 48.9 Å². The number of carbonyl (C=O) groups is 1. The first-order chi connectivity index (χ1) is 15.9. The molecule has 33 heavy (non-hydrogen) atoms. The third kappa shape index (κ3) is 4.42. The van der Waals surface area contributed by atoms with E-state index in [-0.39, 0.29) is 29.3 Å². The Kier molecular flexibility index (Phi) is 6.22. The van der Waals surface area contributed by atoms with E-state index in [0.29, 0.717) is 18.4 Å². The number of esters is 1. The Hall–Kier alpha value is -2.33.